The van der Waals surface area contributed by atoms with Crippen LogP contribution in [0.25, 0.3) is 0 Å². The topological polar surface area (TPSA) is 283 Å². The quantitative estimate of drug-likeness (QED) is 0.157. The number of carboxylic acid groups (broad SMARTS) is 2. The number of carboxylic acids is 2. The molecular weight excluding hydrogens is 488 g/mol. The van der Waals surface area contributed by atoms with Crippen molar-refractivity contribution in [1.82, 2.24) is 0 Å². The first-order chi connectivity index (χ1) is 16.3. The first kappa shape index (κ1) is 28.0. The Kier molecular flexibility index (Phi) is 8.65. The first-order valence-corrected chi connectivity index (χ1v) is 10.4. The van der Waals surface area contributed by atoms with Gasteiger partial charge in [-0.2, -0.15) is 0 Å². The smallest absolute Gasteiger partial charge is 0.335 e. The molecule has 0 saturated carbocycles. The second-order valence-electron chi connectivity index (χ2n) is 8.39. The van der Waals surface area contributed by atoms with E-state index in [9.17, 15) is 60.7 Å². The van der Waals surface area contributed by atoms with Gasteiger partial charge in [-0.3, -0.25) is 0 Å². The molecule has 15 atom stereocenters. The molecule has 3 heterocycles. The lowest BCUT2D eigenvalue weighted by atomic mass is 9.96. The molecule has 17 heteroatoms. The van der Waals surface area contributed by atoms with E-state index in [-0.39, 0.29) is 0 Å². The summed E-state index contributed by atoms with van der Waals surface area (Å²) in [4.78, 5) is 22.9. The van der Waals surface area contributed by atoms with Crippen molar-refractivity contribution in [3.8, 4) is 0 Å². The van der Waals surface area contributed by atoms with Gasteiger partial charge in [-0.15, -0.1) is 0 Å². The molecule has 3 rings (SSSR count). The van der Waals surface area contributed by atoms with Crippen molar-refractivity contribution in [2.75, 3.05) is 0 Å². The van der Waals surface area contributed by atoms with E-state index in [1.807, 2.05) is 0 Å². The lowest BCUT2D eigenvalue weighted by Crippen LogP contribution is -2.66. The lowest BCUT2D eigenvalue weighted by molar-refractivity contribution is -0.380. The Morgan fingerprint density at radius 3 is 1.69 bits per heavy atom. The highest BCUT2D eigenvalue weighted by Crippen LogP contribution is 2.32. The standard InChI is InChI=1S/C18H28O17/c1-2-3(19)5(21)12(35-17-9(25)4(20)6(22)11(34-17)14(26)27)18(31-2)33-10-7(23)8(24)16(30)32-13(10)15(28)29/h2-13,16-25,30H,1H3,(H,26,27)(H,28,29)/t2-,3-,4-,5+,6+,7+,8+,9+,10+,11-,12+,13-,16?,17+,18+/m0/s1. The molecule has 0 radical (unpaired) electrons. The number of carbonyl (C=O) groups is 2. The number of hydrogen-bond donors (Lipinski definition) is 10. The molecule has 3 aliphatic rings. The van der Waals surface area contributed by atoms with Gasteiger partial charge < -0.3 is 74.7 Å². The molecule has 3 saturated heterocycles. The van der Waals surface area contributed by atoms with Crippen LogP contribution in [-0.4, -0.2) is 155 Å². The largest absolute Gasteiger partial charge is 0.479 e. The van der Waals surface area contributed by atoms with Gasteiger partial charge in [-0.1, -0.05) is 0 Å². The minimum absolute atomic E-state index is 1.17. The van der Waals surface area contributed by atoms with E-state index >= 15 is 0 Å². The zero-order valence-corrected chi connectivity index (χ0v) is 18.0. The van der Waals surface area contributed by atoms with Crippen LogP contribution in [0.4, 0.5) is 0 Å². The van der Waals surface area contributed by atoms with Crippen LogP contribution < -0.4 is 0 Å². The molecule has 17 nitrogen and oxygen atoms in total. The summed E-state index contributed by atoms with van der Waals surface area (Å²) in [6.45, 7) is 1.29. The van der Waals surface area contributed by atoms with Crippen LogP contribution in [0.15, 0.2) is 0 Å². The van der Waals surface area contributed by atoms with E-state index in [1.54, 1.807) is 0 Å². The number of ether oxygens (including phenoxy) is 5. The molecule has 3 fully saturated rings. The van der Waals surface area contributed by atoms with Crippen molar-refractivity contribution in [1.29, 1.82) is 0 Å². The Morgan fingerprint density at radius 1 is 0.571 bits per heavy atom. The maximum Gasteiger partial charge on any atom is 0.335 e. The van der Waals surface area contributed by atoms with Crippen LogP contribution in [0.3, 0.4) is 0 Å². The number of aliphatic hydroxyl groups is 8. The van der Waals surface area contributed by atoms with Gasteiger partial charge in [0.25, 0.3) is 0 Å². The molecule has 0 aromatic rings. The third-order valence-corrected chi connectivity index (χ3v) is 5.99. The number of aliphatic hydroxyl groups excluding tert-OH is 8. The van der Waals surface area contributed by atoms with Gasteiger partial charge in [0, 0.05) is 0 Å². The average molecular weight is 516 g/mol. The monoisotopic (exact) mass is 516 g/mol. The van der Waals surface area contributed by atoms with E-state index in [2.05, 4.69) is 0 Å². The molecule has 0 aromatic carbocycles. The Bertz CT molecular complexity index is 765. The molecule has 202 valence electrons. The van der Waals surface area contributed by atoms with Gasteiger partial charge in [-0.25, -0.2) is 9.59 Å². The molecule has 1 unspecified atom stereocenters. The highest BCUT2D eigenvalue weighted by Gasteiger charge is 2.55. The number of hydrogen-bond acceptors (Lipinski definition) is 15. The summed E-state index contributed by atoms with van der Waals surface area (Å²) < 4.78 is 25.9. The lowest BCUT2D eigenvalue weighted by Gasteiger charge is -2.47. The molecular formula is C18H28O17. The van der Waals surface area contributed by atoms with Gasteiger partial charge in [0.1, 0.15) is 54.9 Å². The van der Waals surface area contributed by atoms with E-state index in [0.717, 1.165) is 0 Å². The maximum atomic E-state index is 11.6. The maximum absolute atomic E-state index is 11.6. The SMILES string of the molecule is C[C@@H]1O[C@H](O[C@@H]2[C@H](O)[C@@H](O)C(O)O[C@@H]2C(=O)O)[C@H](O[C@H]2O[C@H](C(=O)O)[C@H](O)[C@H](O)[C@H]2O)[C@H](O)[C@H]1O. The summed E-state index contributed by atoms with van der Waals surface area (Å²) in [5, 5.41) is 99.0. The van der Waals surface area contributed by atoms with Crippen LogP contribution in [0, 0.1) is 0 Å². The van der Waals surface area contributed by atoms with Crippen LogP contribution >= 0.6 is 0 Å². The minimum atomic E-state index is -2.08. The van der Waals surface area contributed by atoms with Gasteiger partial charge in [0.05, 0.1) is 6.10 Å². The average Bonchev–Trinajstić information content (AvgIpc) is 2.79. The van der Waals surface area contributed by atoms with E-state index < -0.39 is 104 Å². The van der Waals surface area contributed by atoms with Gasteiger partial charge in [0.15, 0.2) is 31.1 Å². The van der Waals surface area contributed by atoms with Crippen molar-refractivity contribution in [2.24, 2.45) is 0 Å². The summed E-state index contributed by atoms with van der Waals surface area (Å²) in [6.07, 6.45) is -28.8. The normalized spacial score (nSPS) is 51.1. The van der Waals surface area contributed by atoms with Crippen molar-refractivity contribution < 1.29 is 84.3 Å². The summed E-state index contributed by atoms with van der Waals surface area (Å²) in [5.74, 6) is -3.44. The molecule has 0 spiro atoms. The second-order valence-corrected chi connectivity index (χ2v) is 8.39. The van der Waals surface area contributed by atoms with E-state index in [4.69, 9.17) is 23.7 Å². The van der Waals surface area contributed by atoms with Crippen LogP contribution in [-0.2, 0) is 33.3 Å². The number of rotatable bonds is 6. The Hall–Kier alpha value is -1.58. The molecule has 35 heavy (non-hydrogen) atoms. The summed E-state index contributed by atoms with van der Waals surface area (Å²) in [7, 11) is 0. The van der Waals surface area contributed by atoms with Crippen LogP contribution in [0.2, 0.25) is 0 Å². The van der Waals surface area contributed by atoms with Crippen LogP contribution in [0.1, 0.15) is 6.92 Å². The minimum Gasteiger partial charge on any atom is -0.479 e. The van der Waals surface area contributed by atoms with Crippen LogP contribution in [0.5, 0.6) is 0 Å². The highest BCUT2D eigenvalue weighted by atomic mass is 16.8. The molecule has 0 aliphatic carbocycles. The summed E-state index contributed by atoms with van der Waals surface area (Å²) in [5.41, 5.74) is 0. The van der Waals surface area contributed by atoms with Crippen molar-refractivity contribution in [3.05, 3.63) is 0 Å². The fourth-order valence-corrected chi connectivity index (χ4v) is 3.93. The van der Waals surface area contributed by atoms with Crippen molar-refractivity contribution in [3.63, 3.8) is 0 Å². The highest BCUT2D eigenvalue weighted by molar-refractivity contribution is 5.73. The van der Waals surface area contributed by atoms with E-state index in [1.165, 1.54) is 6.92 Å². The number of aliphatic carboxylic acids is 2. The summed E-state index contributed by atoms with van der Waals surface area (Å²) in [6, 6.07) is 0. The zero-order valence-electron chi connectivity index (χ0n) is 18.0. The molecule has 3 aliphatic heterocycles. The predicted octanol–water partition coefficient (Wildman–Crippen LogP) is -6.36. The third-order valence-electron chi connectivity index (χ3n) is 5.99. The second kappa shape index (κ2) is 10.8. The molecule has 0 aromatic heterocycles. The van der Waals surface area contributed by atoms with Gasteiger partial charge in [0.2, 0.25) is 0 Å². The van der Waals surface area contributed by atoms with Crippen molar-refractivity contribution in [2.45, 2.75) is 99.0 Å². The van der Waals surface area contributed by atoms with Gasteiger partial charge in [-0.05, 0) is 6.92 Å². The Labute approximate surface area is 196 Å². The Morgan fingerprint density at radius 2 is 1.11 bits per heavy atom. The Balaban J connectivity index is 1.86. The molecule has 10 N–H and O–H groups in total. The van der Waals surface area contributed by atoms with Gasteiger partial charge >= 0.3 is 11.9 Å². The molecule has 0 bridgehead atoms. The fourth-order valence-electron chi connectivity index (χ4n) is 3.93. The summed E-state index contributed by atoms with van der Waals surface area (Å²) >= 11 is 0. The fraction of sp³-hybridized carbons (Fsp3) is 0.889. The first-order valence-electron chi connectivity index (χ1n) is 10.4. The third kappa shape index (κ3) is 5.42. The zero-order chi connectivity index (χ0) is 26.4. The predicted molar refractivity (Wildman–Crippen MR) is 101 cm³/mol. The van der Waals surface area contributed by atoms with Crippen molar-refractivity contribution >= 4 is 11.9 Å². The van der Waals surface area contributed by atoms with E-state index in [0.29, 0.717) is 0 Å². The molecule has 0 amide bonds.